The molecule has 0 fully saturated rings. The van der Waals surface area contributed by atoms with E-state index >= 15 is 0 Å². The summed E-state index contributed by atoms with van der Waals surface area (Å²) in [4.78, 5) is 30.5. The fraction of sp³-hybridized carbons (Fsp3) is 0.222. The van der Waals surface area contributed by atoms with Crippen molar-refractivity contribution in [3.8, 4) is 0 Å². The minimum Gasteiger partial charge on any atom is -0.350 e. The molecule has 7 heteroatoms. The molecule has 0 aliphatic heterocycles. The highest BCUT2D eigenvalue weighted by Crippen LogP contribution is 2.24. The van der Waals surface area contributed by atoms with Crippen LogP contribution < -0.4 is 10.6 Å². The Balaban J connectivity index is 1.58. The number of hydrogen-bond acceptors (Lipinski definition) is 3. The van der Waals surface area contributed by atoms with Crippen LogP contribution in [0.25, 0.3) is 11.0 Å². The Bertz CT molecular complexity index is 1270. The molecular formula is C27H27FN4O2. The maximum Gasteiger partial charge on any atom is 0.251 e. The van der Waals surface area contributed by atoms with Gasteiger partial charge in [0.1, 0.15) is 18.2 Å². The van der Waals surface area contributed by atoms with Gasteiger partial charge >= 0.3 is 0 Å². The fourth-order valence-electron chi connectivity index (χ4n) is 3.91. The average molecular weight is 459 g/mol. The summed E-state index contributed by atoms with van der Waals surface area (Å²) in [5.74, 6) is -0.0508. The van der Waals surface area contributed by atoms with Gasteiger partial charge in [-0.05, 0) is 48.4 Å². The Kier molecular flexibility index (Phi) is 7.32. The van der Waals surface area contributed by atoms with Crippen molar-refractivity contribution in [2.45, 2.75) is 38.9 Å². The molecule has 2 N–H and O–H groups in total. The molecule has 0 unspecified atom stereocenters. The van der Waals surface area contributed by atoms with Gasteiger partial charge < -0.3 is 15.2 Å². The van der Waals surface area contributed by atoms with Crippen molar-refractivity contribution in [2.24, 2.45) is 0 Å². The van der Waals surface area contributed by atoms with Crippen molar-refractivity contribution in [3.05, 3.63) is 102 Å². The van der Waals surface area contributed by atoms with E-state index in [-0.39, 0.29) is 30.2 Å². The molecule has 1 atom stereocenters. The minimum absolute atomic E-state index is 0.0540. The zero-order chi connectivity index (χ0) is 23.9. The molecule has 1 heterocycles. The first-order valence-corrected chi connectivity index (χ1v) is 11.4. The van der Waals surface area contributed by atoms with Crippen LogP contribution in [0.2, 0.25) is 0 Å². The first-order chi connectivity index (χ1) is 16.5. The van der Waals surface area contributed by atoms with Gasteiger partial charge in [-0.3, -0.25) is 9.59 Å². The van der Waals surface area contributed by atoms with Crippen molar-refractivity contribution >= 4 is 22.8 Å². The highest BCUT2D eigenvalue weighted by Gasteiger charge is 2.23. The number of benzene rings is 3. The fourth-order valence-corrected chi connectivity index (χ4v) is 3.91. The number of fused-ring (bicyclic) bond motifs is 1. The standard InChI is InChI=1S/C27H27FN4O2/c1-2-8-23(31-27(34)20-9-4-3-5-10-20)26-30-22-11-6-7-12-24(22)32(26)18-25(33)29-17-19-13-15-21(28)16-14-19/h3-7,9-16,23H,2,8,17-18H2,1H3,(H,29,33)(H,31,34)/t23-/m1/s1. The molecule has 174 valence electrons. The van der Waals surface area contributed by atoms with Crippen LogP contribution in [0.3, 0.4) is 0 Å². The van der Waals surface area contributed by atoms with E-state index in [1.54, 1.807) is 24.3 Å². The van der Waals surface area contributed by atoms with Crippen molar-refractivity contribution < 1.29 is 14.0 Å². The molecule has 2 amide bonds. The van der Waals surface area contributed by atoms with Gasteiger partial charge in [0, 0.05) is 12.1 Å². The van der Waals surface area contributed by atoms with Gasteiger partial charge in [0.2, 0.25) is 5.91 Å². The molecule has 0 saturated carbocycles. The Hall–Kier alpha value is -4.00. The molecule has 1 aromatic heterocycles. The van der Waals surface area contributed by atoms with Crippen LogP contribution in [0.4, 0.5) is 4.39 Å². The summed E-state index contributed by atoms with van der Waals surface area (Å²) in [6.45, 7) is 2.40. The molecule has 0 aliphatic rings. The van der Waals surface area contributed by atoms with Gasteiger partial charge in [-0.1, -0.05) is 55.8 Å². The van der Waals surface area contributed by atoms with Crippen LogP contribution in [0.5, 0.6) is 0 Å². The zero-order valence-corrected chi connectivity index (χ0v) is 19.0. The summed E-state index contributed by atoms with van der Waals surface area (Å²) in [7, 11) is 0. The number of imidazole rings is 1. The molecule has 6 nitrogen and oxygen atoms in total. The zero-order valence-electron chi connectivity index (χ0n) is 19.0. The van der Waals surface area contributed by atoms with Crippen molar-refractivity contribution in [2.75, 3.05) is 0 Å². The van der Waals surface area contributed by atoms with Crippen LogP contribution in [-0.2, 0) is 17.9 Å². The van der Waals surface area contributed by atoms with E-state index in [0.717, 1.165) is 23.0 Å². The summed E-state index contributed by atoms with van der Waals surface area (Å²) in [5.41, 5.74) is 2.97. The second kappa shape index (κ2) is 10.7. The van der Waals surface area contributed by atoms with Crippen LogP contribution in [0.15, 0.2) is 78.9 Å². The van der Waals surface area contributed by atoms with Gasteiger partial charge in [-0.2, -0.15) is 0 Å². The smallest absolute Gasteiger partial charge is 0.251 e. The summed E-state index contributed by atoms with van der Waals surface area (Å²) in [6.07, 6.45) is 1.51. The highest BCUT2D eigenvalue weighted by molar-refractivity contribution is 5.94. The quantitative estimate of drug-likeness (QED) is 0.380. The highest BCUT2D eigenvalue weighted by atomic mass is 19.1. The third-order valence-corrected chi connectivity index (χ3v) is 5.62. The number of aromatic nitrogens is 2. The number of nitrogens with zero attached hydrogens (tertiary/aromatic N) is 2. The average Bonchev–Trinajstić information content (AvgIpc) is 3.22. The lowest BCUT2D eigenvalue weighted by atomic mass is 10.1. The Morgan fingerprint density at radius 3 is 2.41 bits per heavy atom. The summed E-state index contributed by atoms with van der Waals surface area (Å²) < 4.78 is 15.0. The van der Waals surface area contributed by atoms with Gasteiger partial charge in [0.05, 0.1) is 17.1 Å². The SMILES string of the molecule is CCC[C@@H](NC(=O)c1ccccc1)c1nc2ccccc2n1CC(=O)NCc1ccc(F)cc1. The van der Waals surface area contributed by atoms with Crippen LogP contribution in [0.1, 0.15) is 47.6 Å². The monoisotopic (exact) mass is 458 g/mol. The summed E-state index contributed by atoms with van der Waals surface area (Å²) in [5, 5.41) is 5.99. The van der Waals surface area contributed by atoms with Crippen LogP contribution >= 0.6 is 0 Å². The third kappa shape index (κ3) is 5.49. The van der Waals surface area contributed by atoms with E-state index in [2.05, 4.69) is 10.6 Å². The second-order valence-corrected chi connectivity index (χ2v) is 8.13. The van der Waals surface area contributed by atoms with Gasteiger partial charge in [0.15, 0.2) is 0 Å². The topological polar surface area (TPSA) is 76.0 Å². The number of carbonyl (C=O) groups excluding carboxylic acids is 2. The molecular weight excluding hydrogens is 431 g/mol. The molecule has 0 bridgehead atoms. The number of rotatable bonds is 9. The number of amides is 2. The first kappa shape index (κ1) is 23.2. The molecule has 0 radical (unpaired) electrons. The molecule has 34 heavy (non-hydrogen) atoms. The van der Waals surface area contributed by atoms with E-state index < -0.39 is 0 Å². The lowest BCUT2D eigenvalue weighted by Crippen LogP contribution is -2.33. The van der Waals surface area contributed by atoms with Crippen molar-refractivity contribution in [1.82, 2.24) is 20.2 Å². The minimum atomic E-state index is -0.352. The van der Waals surface area contributed by atoms with E-state index in [9.17, 15) is 14.0 Å². The normalized spacial score (nSPS) is 11.8. The third-order valence-electron chi connectivity index (χ3n) is 5.62. The van der Waals surface area contributed by atoms with E-state index in [4.69, 9.17) is 4.98 Å². The van der Waals surface area contributed by atoms with Crippen molar-refractivity contribution in [1.29, 1.82) is 0 Å². The molecule has 0 saturated heterocycles. The lowest BCUT2D eigenvalue weighted by Gasteiger charge is -2.20. The van der Waals surface area contributed by atoms with E-state index in [0.29, 0.717) is 24.4 Å². The number of hydrogen-bond donors (Lipinski definition) is 2. The van der Waals surface area contributed by atoms with Crippen LogP contribution in [-0.4, -0.2) is 21.4 Å². The van der Waals surface area contributed by atoms with Gasteiger partial charge in [0.25, 0.3) is 5.91 Å². The maximum atomic E-state index is 13.1. The van der Waals surface area contributed by atoms with Gasteiger partial charge in [-0.25, -0.2) is 9.37 Å². The largest absolute Gasteiger partial charge is 0.350 e. The summed E-state index contributed by atoms with van der Waals surface area (Å²) in [6, 6.07) is 22.3. The molecule has 0 aliphatic carbocycles. The Morgan fingerprint density at radius 2 is 1.68 bits per heavy atom. The maximum absolute atomic E-state index is 13.1. The second-order valence-electron chi connectivity index (χ2n) is 8.13. The van der Waals surface area contributed by atoms with E-state index in [1.807, 2.05) is 54.0 Å². The Labute approximate surface area is 197 Å². The number of carbonyl (C=O) groups is 2. The predicted molar refractivity (Wildman–Crippen MR) is 130 cm³/mol. The summed E-state index contributed by atoms with van der Waals surface area (Å²) >= 11 is 0. The lowest BCUT2D eigenvalue weighted by molar-refractivity contribution is -0.121. The molecule has 3 aromatic carbocycles. The molecule has 0 spiro atoms. The van der Waals surface area contributed by atoms with Crippen LogP contribution in [0, 0.1) is 5.82 Å². The van der Waals surface area contributed by atoms with E-state index in [1.165, 1.54) is 12.1 Å². The van der Waals surface area contributed by atoms with Gasteiger partial charge in [-0.15, -0.1) is 0 Å². The number of halogens is 1. The Morgan fingerprint density at radius 1 is 0.971 bits per heavy atom. The predicted octanol–water partition coefficient (Wildman–Crippen LogP) is 4.76. The number of nitrogens with one attached hydrogen (secondary N) is 2. The van der Waals surface area contributed by atoms with Crippen molar-refractivity contribution in [3.63, 3.8) is 0 Å². The molecule has 4 aromatic rings. The molecule has 4 rings (SSSR count). The first-order valence-electron chi connectivity index (χ1n) is 11.4. The number of para-hydroxylation sites is 2.